The van der Waals surface area contributed by atoms with Gasteiger partial charge in [-0.2, -0.15) is 5.10 Å². The highest BCUT2D eigenvalue weighted by Crippen LogP contribution is 2.03. The second-order valence-corrected chi connectivity index (χ2v) is 3.67. The van der Waals surface area contributed by atoms with E-state index in [0.29, 0.717) is 6.04 Å². The lowest BCUT2D eigenvalue weighted by atomic mass is 10.2. The lowest BCUT2D eigenvalue weighted by Gasteiger charge is -2.12. The van der Waals surface area contributed by atoms with Gasteiger partial charge in [-0.05, 0) is 26.7 Å². The number of hydrogen-bond donors (Lipinski definition) is 3. The molecular formula is C10H19N3O. The van der Waals surface area contributed by atoms with Gasteiger partial charge in [0.1, 0.15) is 0 Å². The summed E-state index contributed by atoms with van der Waals surface area (Å²) in [6.07, 6.45) is 3.72. The molecule has 0 saturated carbocycles. The Labute approximate surface area is 84.7 Å². The van der Waals surface area contributed by atoms with Gasteiger partial charge in [-0.15, -0.1) is 0 Å². The molecule has 3 N–H and O–H groups in total. The smallest absolute Gasteiger partial charge is 0.0535 e. The van der Waals surface area contributed by atoms with Gasteiger partial charge in [0.25, 0.3) is 0 Å². The second-order valence-electron chi connectivity index (χ2n) is 3.67. The van der Waals surface area contributed by atoms with E-state index in [1.807, 2.05) is 13.1 Å². The van der Waals surface area contributed by atoms with Crippen LogP contribution in [0.3, 0.4) is 0 Å². The number of aliphatic hydroxyl groups excluding tert-OH is 1. The van der Waals surface area contributed by atoms with Gasteiger partial charge in [0.05, 0.1) is 6.20 Å². The summed E-state index contributed by atoms with van der Waals surface area (Å²) in [6.45, 7) is 5.26. The SMILES string of the molecule is Cc1[nH]ncc1CNC(C)CCCO. The molecule has 1 aromatic heterocycles. The summed E-state index contributed by atoms with van der Waals surface area (Å²) in [4.78, 5) is 0. The molecule has 0 aliphatic heterocycles. The monoisotopic (exact) mass is 197 g/mol. The van der Waals surface area contributed by atoms with Crippen LogP contribution in [-0.2, 0) is 6.54 Å². The number of aryl methyl sites for hydroxylation is 1. The summed E-state index contributed by atoms with van der Waals surface area (Å²) < 4.78 is 0. The minimum absolute atomic E-state index is 0.275. The van der Waals surface area contributed by atoms with Gasteiger partial charge in [0.15, 0.2) is 0 Å². The standard InChI is InChI=1S/C10H19N3O/c1-8(4-3-5-14)11-6-10-7-12-13-9(10)2/h7-8,11,14H,3-6H2,1-2H3,(H,12,13). The predicted octanol–water partition coefficient (Wildman–Crippen LogP) is 0.969. The van der Waals surface area contributed by atoms with Crippen LogP contribution in [0.15, 0.2) is 6.20 Å². The Bertz CT molecular complexity index is 260. The molecule has 4 heteroatoms. The molecule has 0 radical (unpaired) electrons. The summed E-state index contributed by atoms with van der Waals surface area (Å²) in [5.41, 5.74) is 2.33. The first-order chi connectivity index (χ1) is 6.74. The van der Waals surface area contributed by atoms with Gasteiger partial charge in [-0.3, -0.25) is 5.10 Å². The van der Waals surface area contributed by atoms with Crippen molar-refractivity contribution in [1.82, 2.24) is 15.5 Å². The molecule has 1 heterocycles. The minimum Gasteiger partial charge on any atom is -0.396 e. The Kier molecular flexibility index (Phi) is 4.62. The number of aromatic nitrogens is 2. The molecule has 0 fully saturated rings. The molecule has 14 heavy (non-hydrogen) atoms. The molecule has 0 spiro atoms. The lowest BCUT2D eigenvalue weighted by Crippen LogP contribution is -2.25. The van der Waals surface area contributed by atoms with E-state index in [2.05, 4.69) is 22.4 Å². The lowest BCUT2D eigenvalue weighted by molar-refractivity contribution is 0.276. The summed E-state index contributed by atoms with van der Waals surface area (Å²) in [5, 5.41) is 18.9. The van der Waals surface area contributed by atoms with Gasteiger partial charge in [0, 0.05) is 30.5 Å². The van der Waals surface area contributed by atoms with Crippen LogP contribution in [0.5, 0.6) is 0 Å². The van der Waals surface area contributed by atoms with Crippen molar-refractivity contribution >= 4 is 0 Å². The molecule has 1 aromatic rings. The first-order valence-electron chi connectivity index (χ1n) is 5.07. The number of hydrogen-bond acceptors (Lipinski definition) is 3. The third-order valence-corrected chi connectivity index (χ3v) is 2.37. The second kappa shape index (κ2) is 5.78. The largest absolute Gasteiger partial charge is 0.396 e. The topological polar surface area (TPSA) is 60.9 Å². The van der Waals surface area contributed by atoms with Crippen LogP contribution in [0.1, 0.15) is 31.0 Å². The number of aliphatic hydroxyl groups is 1. The third kappa shape index (κ3) is 3.47. The van der Waals surface area contributed by atoms with Crippen molar-refractivity contribution in [3.8, 4) is 0 Å². The maximum absolute atomic E-state index is 8.67. The minimum atomic E-state index is 0.275. The fourth-order valence-corrected chi connectivity index (χ4v) is 1.34. The van der Waals surface area contributed by atoms with Crippen molar-refractivity contribution in [2.45, 2.75) is 39.3 Å². The Hall–Kier alpha value is -0.870. The van der Waals surface area contributed by atoms with E-state index in [9.17, 15) is 0 Å². The van der Waals surface area contributed by atoms with Gasteiger partial charge in [-0.1, -0.05) is 0 Å². The summed E-state index contributed by atoms with van der Waals surface area (Å²) in [6, 6.07) is 0.441. The molecule has 1 atom stereocenters. The Balaban J connectivity index is 2.23. The van der Waals surface area contributed by atoms with Crippen molar-refractivity contribution in [3.05, 3.63) is 17.5 Å². The van der Waals surface area contributed by atoms with E-state index in [-0.39, 0.29) is 6.61 Å². The molecule has 0 saturated heterocycles. The number of nitrogens with one attached hydrogen (secondary N) is 2. The number of H-pyrrole nitrogens is 1. The van der Waals surface area contributed by atoms with Crippen molar-refractivity contribution in [2.75, 3.05) is 6.61 Å². The summed E-state index contributed by atoms with van der Waals surface area (Å²) >= 11 is 0. The molecule has 1 rings (SSSR count). The highest BCUT2D eigenvalue weighted by molar-refractivity contribution is 5.13. The molecule has 1 unspecified atom stereocenters. The van der Waals surface area contributed by atoms with E-state index >= 15 is 0 Å². The van der Waals surface area contributed by atoms with Crippen LogP contribution in [0.4, 0.5) is 0 Å². The van der Waals surface area contributed by atoms with Crippen LogP contribution in [0.25, 0.3) is 0 Å². The van der Waals surface area contributed by atoms with E-state index < -0.39 is 0 Å². The summed E-state index contributed by atoms with van der Waals surface area (Å²) in [5.74, 6) is 0. The third-order valence-electron chi connectivity index (χ3n) is 2.37. The summed E-state index contributed by atoms with van der Waals surface area (Å²) in [7, 11) is 0. The molecule has 0 aliphatic carbocycles. The van der Waals surface area contributed by atoms with E-state index in [4.69, 9.17) is 5.11 Å². The van der Waals surface area contributed by atoms with E-state index in [1.54, 1.807) is 0 Å². The molecular weight excluding hydrogens is 178 g/mol. The maximum Gasteiger partial charge on any atom is 0.0535 e. The van der Waals surface area contributed by atoms with Crippen LogP contribution in [-0.4, -0.2) is 28.0 Å². The fraction of sp³-hybridized carbons (Fsp3) is 0.700. The van der Waals surface area contributed by atoms with Crippen molar-refractivity contribution in [1.29, 1.82) is 0 Å². The Morgan fingerprint density at radius 3 is 3.00 bits per heavy atom. The van der Waals surface area contributed by atoms with Gasteiger partial charge in [-0.25, -0.2) is 0 Å². The normalized spacial score (nSPS) is 13.1. The van der Waals surface area contributed by atoms with Gasteiger partial charge < -0.3 is 10.4 Å². The Morgan fingerprint density at radius 1 is 1.64 bits per heavy atom. The first kappa shape index (κ1) is 11.2. The number of rotatable bonds is 6. The van der Waals surface area contributed by atoms with Gasteiger partial charge in [0.2, 0.25) is 0 Å². The molecule has 0 bridgehead atoms. The highest BCUT2D eigenvalue weighted by atomic mass is 16.2. The highest BCUT2D eigenvalue weighted by Gasteiger charge is 2.03. The fourth-order valence-electron chi connectivity index (χ4n) is 1.34. The van der Waals surface area contributed by atoms with Crippen LogP contribution in [0.2, 0.25) is 0 Å². The first-order valence-corrected chi connectivity index (χ1v) is 5.07. The zero-order valence-electron chi connectivity index (χ0n) is 8.88. The van der Waals surface area contributed by atoms with Crippen LogP contribution >= 0.6 is 0 Å². The van der Waals surface area contributed by atoms with Crippen LogP contribution < -0.4 is 5.32 Å². The average molecular weight is 197 g/mol. The molecule has 80 valence electrons. The van der Waals surface area contributed by atoms with Crippen molar-refractivity contribution in [3.63, 3.8) is 0 Å². The molecule has 4 nitrogen and oxygen atoms in total. The quantitative estimate of drug-likeness (QED) is 0.637. The molecule has 0 aliphatic rings. The van der Waals surface area contributed by atoms with E-state index in [0.717, 1.165) is 25.1 Å². The average Bonchev–Trinajstić information content (AvgIpc) is 2.58. The van der Waals surface area contributed by atoms with Crippen molar-refractivity contribution < 1.29 is 5.11 Å². The molecule has 0 amide bonds. The number of nitrogens with zero attached hydrogens (tertiary/aromatic N) is 1. The van der Waals surface area contributed by atoms with Crippen molar-refractivity contribution in [2.24, 2.45) is 0 Å². The Morgan fingerprint density at radius 2 is 2.43 bits per heavy atom. The zero-order valence-corrected chi connectivity index (χ0v) is 8.88. The molecule has 0 aromatic carbocycles. The van der Waals surface area contributed by atoms with Crippen LogP contribution in [0, 0.1) is 6.92 Å². The van der Waals surface area contributed by atoms with Gasteiger partial charge >= 0.3 is 0 Å². The van der Waals surface area contributed by atoms with E-state index in [1.165, 1.54) is 5.56 Å². The number of aromatic amines is 1. The zero-order chi connectivity index (χ0) is 10.4. The predicted molar refractivity (Wildman–Crippen MR) is 55.9 cm³/mol. The maximum atomic E-state index is 8.67.